The molecule has 0 amide bonds. The monoisotopic (exact) mass is 251 g/mol. The second-order valence-electron chi connectivity index (χ2n) is 4.80. The molecule has 0 spiro atoms. The van der Waals surface area contributed by atoms with Crippen LogP contribution in [0, 0.1) is 6.92 Å². The molecular formula is C15H25NS. The lowest BCUT2D eigenvalue weighted by Crippen LogP contribution is -2.23. The van der Waals surface area contributed by atoms with Crippen LogP contribution in [0.15, 0.2) is 24.3 Å². The van der Waals surface area contributed by atoms with Crippen LogP contribution in [-0.4, -0.2) is 18.3 Å². The normalized spacial score (nSPS) is 11.1. The van der Waals surface area contributed by atoms with Gasteiger partial charge in [0.2, 0.25) is 0 Å². The molecule has 0 aliphatic rings. The van der Waals surface area contributed by atoms with E-state index in [0.29, 0.717) is 6.04 Å². The molecule has 1 aromatic carbocycles. The number of rotatable bonds is 8. The van der Waals surface area contributed by atoms with E-state index in [0.717, 1.165) is 12.3 Å². The van der Waals surface area contributed by atoms with E-state index in [-0.39, 0.29) is 0 Å². The van der Waals surface area contributed by atoms with Crippen molar-refractivity contribution in [1.29, 1.82) is 0 Å². The van der Waals surface area contributed by atoms with E-state index in [9.17, 15) is 0 Å². The summed E-state index contributed by atoms with van der Waals surface area (Å²) in [4.78, 5) is 0. The Morgan fingerprint density at radius 3 is 2.65 bits per heavy atom. The Morgan fingerprint density at radius 1 is 1.18 bits per heavy atom. The molecule has 0 bridgehead atoms. The number of thioether (sulfide) groups is 1. The van der Waals surface area contributed by atoms with Gasteiger partial charge in [-0.3, -0.25) is 0 Å². The van der Waals surface area contributed by atoms with Crippen LogP contribution >= 0.6 is 11.8 Å². The molecule has 0 unspecified atom stereocenters. The maximum atomic E-state index is 3.45. The van der Waals surface area contributed by atoms with Crippen LogP contribution in [0.3, 0.4) is 0 Å². The van der Waals surface area contributed by atoms with Crippen LogP contribution in [0.4, 0.5) is 0 Å². The Hall–Kier alpha value is -0.470. The molecule has 0 fully saturated rings. The zero-order valence-electron chi connectivity index (χ0n) is 11.3. The van der Waals surface area contributed by atoms with E-state index in [4.69, 9.17) is 0 Å². The van der Waals surface area contributed by atoms with E-state index in [1.807, 2.05) is 0 Å². The summed E-state index contributed by atoms with van der Waals surface area (Å²) in [6.45, 7) is 7.75. The molecule has 0 aliphatic heterocycles. The van der Waals surface area contributed by atoms with Crippen LogP contribution in [0.1, 0.15) is 37.8 Å². The largest absolute Gasteiger partial charge is 0.315 e. The molecule has 0 heterocycles. The SMILES string of the molecule is Cc1ccccc1CSCCCCNC(C)C. The van der Waals surface area contributed by atoms with Crippen LogP contribution in [-0.2, 0) is 5.75 Å². The fourth-order valence-electron chi connectivity index (χ4n) is 1.67. The Labute approximate surface area is 110 Å². The summed E-state index contributed by atoms with van der Waals surface area (Å²) in [5, 5.41) is 3.45. The van der Waals surface area contributed by atoms with E-state index in [1.165, 1.54) is 29.7 Å². The molecule has 0 radical (unpaired) electrons. The number of benzene rings is 1. The minimum Gasteiger partial charge on any atom is -0.315 e. The first kappa shape index (κ1) is 14.6. The van der Waals surface area contributed by atoms with E-state index in [1.54, 1.807) is 0 Å². The molecule has 0 atom stereocenters. The Kier molecular flexibility index (Phi) is 7.38. The molecule has 2 heteroatoms. The lowest BCUT2D eigenvalue weighted by Gasteiger charge is -2.08. The number of nitrogens with one attached hydrogen (secondary N) is 1. The summed E-state index contributed by atoms with van der Waals surface area (Å²) in [5.41, 5.74) is 2.90. The Morgan fingerprint density at radius 2 is 1.94 bits per heavy atom. The van der Waals surface area contributed by atoms with Crippen molar-refractivity contribution in [3.63, 3.8) is 0 Å². The van der Waals surface area contributed by atoms with Crippen LogP contribution in [0.2, 0.25) is 0 Å². The van der Waals surface area contributed by atoms with Gasteiger partial charge in [-0.15, -0.1) is 0 Å². The minimum absolute atomic E-state index is 0.620. The van der Waals surface area contributed by atoms with Gasteiger partial charge in [0.05, 0.1) is 0 Å². The van der Waals surface area contributed by atoms with Crippen LogP contribution in [0.5, 0.6) is 0 Å². The van der Waals surface area contributed by atoms with E-state index >= 15 is 0 Å². The molecule has 1 rings (SSSR count). The van der Waals surface area contributed by atoms with Gasteiger partial charge in [0.25, 0.3) is 0 Å². The smallest absolute Gasteiger partial charge is 0.0187 e. The van der Waals surface area contributed by atoms with Gasteiger partial charge in [-0.2, -0.15) is 11.8 Å². The van der Waals surface area contributed by atoms with Gasteiger partial charge in [0.15, 0.2) is 0 Å². The predicted octanol–water partition coefficient (Wildman–Crippen LogP) is 4.01. The number of aryl methyl sites for hydroxylation is 1. The third-order valence-corrected chi connectivity index (χ3v) is 3.88. The van der Waals surface area contributed by atoms with Gasteiger partial charge in [0.1, 0.15) is 0 Å². The van der Waals surface area contributed by atoms with Gasteiger partial charge in [-0.05, 0) is 43.2 Å². The summed E-state index contributed by atoms with van der Waals surface area (Å²) >= 11 is 2.05. The van der Waals surface area contributed by atoms with Crippen molar-refractivity contribution in [3.8, 4) is 0 Å². The average molecular weight is 251 g/mol. The fraction of sp³-hybridized carbons (Fsp3) is 0.600. The molecule has 0 aliphatic carbocycles. The highest BCUT2D eigenvalue weighted by molar-refractivity contribution is 7.98. The van der Waals surface area contributed by atoms with Crippen molar-refractivity contribution < 1.29 is 0 Å². The topological polar surface area (TPSA) is 12.0 Å². The summed E-state index contributed by atoms with van der Waals surface area (Å²) < 4.78 is 0. The molecule has 0 saturated carbocycles. The van der Waals surface area contributed by atoms with Crippen molar-refractivity contribution in [1.82, 2.24) is 5.32 Å². The van der Waals surface area contributed by atoms with Crippen LogP contribution < -0.4 is 5.32 Å². The maximum absolute atomic E-state index is 3.45. The lowest BCUT2D eigenvalue weighted by molar-refractivity contribution is 0.567. The minimum atomic E-state index is 0.620. The van der Waals surface area contributed by atoms with Gasteiger partial charge in [-0.1, -0.05) is 38.1 Å². The highest BCUT2D eigenvalue weighted by Gasteiger charge is 1.97. The summed E-state index contributed by atoms with van der Waals surface area (Å²) in [5.74, 6) is 2.43. The second kappa shape index (κ2) is 8.60. The van der Waals surface area contributed by atoms with Crippen molar-refractivity contribution in [2.45, 2.75) is 45.4 Å². The van der Waals surface area contributed by atoms with Crippen molar-refractivity contribution in [3.05, 3.63) is 35.4 Å². The molecule has 0 saturated heterocycles. The summed E-state index contributed by atoms with van der Waals surface area (Å²) in [6.07, 6.45) is 2.61. The highest BCUT2D eigenvalue weighted by atomic mass is 32.2. The fourth-order valence-corrected chi connectivity index (χ4v) is 2.77. The maximum Gasteiger partial charge on any atom is 0.0187 e. The number of unbranched alkanes of at least 4 members (excludes halogenated alkanes) is 1. The average Bonchev–Trinajstić information content (AvgIpc) is 2.30. The van der Waals surface area contributed by atoms with Gasteiger partial charge in [0, 0.05) is 11.8 Å². The highest BCUT2D eigenvalue weighted by Crippen LogP contribution is 2.16. The first-order valence-corrected chi connectivity index (χ1v) is 7.71. The van der Waals surface area contributed by atoms with Gasteiger partial charge in [-0.25, -0.2) is 0 Å². The third-order valence-electron chi connectivity index (χ3n) is 2.79. The van der Waals surface area contributed by atoms with Gasteiger partial charge < -0.3 is 5.32 Å². The predicted molar refractivity (Wildman–Crippen MR) is 79.7 cm³/mol. The summed E-state index contributed by atoms with van der Waals surface area (Å²) in [7, 11) is 0. The van der Waals surface area contributed by atoms with Crippen LogP contribution in [0.25, 0.3) is 0 Å². The third kappa shape index (κ3) is 6.75. The molecule has 0 aromatic heterocycles. The van der Waals surface area contributed by atoms with Crippen molar-refractivity contribution in [2.75, 3.05) is 12.3 Å². The summed E-state index contributed by atoms with van der Waals surface area (Å²) in [6, 6.07) is 9.30. The van der Waals surface area contributed by atoms with Gasteiger partial charge >= 0.3 is 0 Å². The molecule has 1 nitrogen and oxygen atoms in total. The molecular weight excluding hydrogens is 226 g/mol. The molecule has 17 heavy (non-hydrogen) atoms. The second-order valence-corrected chi connectivity index (χ2v) is 5.90. The molecule has 1 N–H and O–H groups in total. The molecule has 1 aromatic rings. The number of hydrogen-bond acceptors (Lipinski definition) is 2. The molecule has 96 valence electrons. The standard InChI is InChI=1S/C15H25NS/c1-13(2)16-10-6-7-11-17-12-15-9-5-4-8-14(15)3/h4-5,8-9,13,16H,6-7,10-12H2,1-3H3. The number of hydrogen-bond donors (Lipinski definition) is 1. The van der Waals surface area contributed by atoms with E-state index in [2.05, 4.69) is 62.1 Å². The van der Waals surface area contributed by atoms with E-state index < -0.39 is 0 Å². The lowest BCUT2D eigenvalue weighted by atomic mass is 10.1. The van der Waals surface area contributed by atoms with Crippen molar-refractivity contribution in [2.24, 2.45) is 0 Å². The Balaban J connectivity index is 2.03. The quantitative estimate of drug-likeness (QED) is 0.701. The first-order chi connectivity index (χ1) is 8.20. The zero-order valence-corrected chi connectivity index (χ0v) is 12.1. The first-order valence-electron chi connectivity index (χ1n) is 6.56. The Bertz CT molecular complexity index is 310. The zero-order chi connectivity index (χ0) is 12.5. The van der Waals surface area contributed by atoms with Crippen molar-refractivity contribution >= 4 is 11.8 Å².